The van der Waals surface area contributed by atoms with Crippen molar-refractivity contribution in [3.8, 4) is 11.1 Å². The maximum atomic E-state index is 13.6. The van der Waals surface area contributed by atoms with Crippen molar-refractivity contribution in [3.05, 3.63) is 141 Å². The van der Waals surface area contributed by atoms with Crippen LogP contribution in [-0.2, 0) is 11.3 Å². The standard InChI is InChI=1S/C29H21N3O4/c33-28(20-11-5-2-6-12-20)31-27(29(34)30-18-19-9-3-1-4-10-19)26-24-14-8-7-13-22(24)23-16-15-21(32(35)36)17-25(23)26/h1-17H,18H2,(H,30,34)(H,31,33). The lowest BCUT2D eigenvalue weighted by molar-refractivity contribution is -0.384. The van der Waals surface area contributed by atoms with Gasteiger partial charge < -0.3 is 10.6 Å². The number of benzene rings is 4. The summed E-state index contributed by atoms with van der Waals surface area (Å²) in [5.74, 6) is -0.948. The average molecular weight is 476 g/mol. The molecular weight excluding hydrogens is 454 g/mol. The van der Waals surface area contributed by atoms with Crippen molar-refractivity contribution in [1.29, 1.82) is 0 Å². The normalized spacial score (nSPS) is 12.8. The van der Waals surface area contributed by atoms with Gasteiger partial charge in [-0.25, -0.2) is 0 Å². The van der Waals surface area contributed by atoms with E-state index in [0.29, 0.717) is 22.3 Å². The molecule has 4 aromatic carbocycles. The Hall–Kier alpha value is -5.04. The van der Waals surface area contributed by atoms with Crippen molar-refractivity contribution < 1.29 is 14.5 Å². The number of rotatable bonds is 6. The van der Waals surface area contributed by atoms with Gasteiger partial charge in [-0.2, -0.15) is 0 Å². The fourth-order valence-electron chi connectivity index (χ4n) is 4.31. The number of nitro groups is 1. The van der Waals surface area contributed by atoms with Crippen LogP contribution in [0.2, 0.25) is 0 Å². The summed E-state index contributed by atoms with van der Waals surface area (Å²) in [6.07, 6.45) is 0. The van der Waals surface area contributed by atoms with Crippen LogP contribution in [0.5, 0.6) is 0 Å². The predicted molar refractivity (Wildman–Crippen MR) is 137 cm³/mol. The second-order valence-corrected chi connectivity index (χ2v) is 8.27. The maximum Gasteiger partial charge on any atom is 0.270 e. The quantitative estimate of drug-likeness (QED) is 0.203. The molecule has 0 heterocycles. The van der Waals surface area contributed by atoms with Gasteiger partial charge in [0.05, 0.1) is 4.92 Å². The van der Waals surface area contributed by atoms with Crippen LogP contribution in [0.15, 0.2) is 109 Å². The van der Waals surface area contributed by atoms with Crippen molar-refractivity contribution in [2.24, 2.45) is 0 Å². The van der Waals surface area contributed by atoms with Crippen LogP contribution >= 0.6 is 0 Å². The first-order chi connectivity index (χ1) is 17.5. The smallest absolute Gasteiger partial charge is 0.270 e. The fraction of sp³-hybridized carbons (Fsp3) is 0.0345. The first-order valence-corrected chi connectivity index (χ1v) is 11.3. The van der Waals surface area contributed by atoms with Crippen LogP contribution in [0.1, 0.15) is 27.0 Å². The molecule has 176 valence electrons. The molecule has 0 fully saturated rings. The van der Waals surface area contributed by atoms with E-state index in [4.69, 9.17) is 0 Å². The minimum Gasteiger partial charge on any atom is -0.347 e. The Balaban J connectivity index is 1.65. The second kappa shape index (κ2) is 9.68. The first kappa shape index (κ1) is 22.7. The van der Waals surface area contributed by atoms with Crippen LogP contribution in [0.3, 0.4) is 0 Å². The monoisotopic (exact) mass is 475 g/mol. The summed E-state index contributed by atoms with van der Waals surface area (Å²) in [5, 5.41) is 17.2. The number of carbonyl (C=O) groups is 2. The molecule has 2 amide bonds. The average Bonchev–Trinajstić information content (AvgIpc) is 3.24. The van der Waals surface area contributed by atoms with E-state index < -0.39 is 16.7 Å². The van der Waals surface area contributed by atoms with E-state index in [9.17, 15) is 19.7 Å². The SMILES string of the molecule is O=C(NCc1ccccc1)C(NC(=O)c1ccccc1)=C1c2ccccc2-c2ccc([N+](=O)[O-])cc21. The van der Waals surface area contributed by atoms with Crippen molar-refractivity contribution in [3.63, 3.8) is 0 Å². The predicted octanol–water partition coefficient (Wildman–Crippen LogP) is 5.08. The van der Waals surface area contributed by atoms with Crippen molar-refractivity contribution in [1.82, 2.24) is 10.6 Å². The molecular formula is C29H21N3O4. The molecule has 0 spiro atoms. The fourth-order valence-corrected chi connectivity index (χ4v) is 4.31. The molecule has 0 radical (unpaired) electrons. The minimum atomic E-state index is -0.493. The molecule has 0 aliphatic heterocycles. The molecule has 2 N–H and O–H groups in total. The Morgan fingerprint density at radius 1 is 0.722 bits per heavy atom. The summed E-state index contributed by atoms with van der Waals surface area (Å²) in [7, 11) is 0. The lowest BCUT2D eigenvalue weighted by Crippen LogP contribution is -2.35. The van der Waals surface area contributed by atoms with Gasteiger partial charge in [-0.3, -0.25) is 19.7 Å². The summed E-state index contributed by atoms with van der Waals surface area (Å²) in [6, 6.07) is 30.0. The van der Waals surface area contributed by atoms with Gasteiger partial charge in [0, 0.05) is 29.8 Å². The van der Waals surface area contributed by atoms with Crippen molar-refractivity contribution in [2.45, 2.75) is 6.54 Å². The molecule has 0 saturated carbocycles. The molecule has 0 atom stereocenters. The van der Waals surface area contributed by atoms with E-state index in [1.807, 2.05) is 54.6 Å². The lowest BCUT2D eigenvalue weighted by Gasteiger charge is -2.15. The zero-order valence-electron chi connectivity index (χ0n) is 19.1. The Morgan fingerprint density at radius 2 is 1.33 bits per heavy atom. The Kier molecular flexibility index (Phi) is 6.11. The summed E-state index contributed by atoms with van der Waals surface area (Å²) >= 11 is 0. The van der Waals surface area contributed by atoms with Gasteiger partial charge in [0.1, 0.15) is 5.70 Å². The number of hydrogen-bond acceptors (Lipinski definition) is 4. The number of nitro benzene ring substituents is 1. The van der Waals surface area contributed by atoms with E-state index in [0.717, 1.165) is 16.7 Å². The number of fused-ring (bicyclic) bond motifs is 3. The molecule has 0 saturated heterocycles. The van der Waals surface area contributed by atoms with Crippen LogP contribution in [-0.4, -0.2) is 16.7 Å². The third-order valence-electron chi connectivity index (χ3n) is 6.02. The van der Waals surface area contributed by atoms with E-state index in [2.05, 4.69) is 10.6 Å². The number of non-ortho nitro benzene ring substituents is 1. The zero-order valence-corrected chi connectivity index (χ0v) is 19.1. The Morgan fingerprint density at radius 3 is 2.03 bits per heavy atom. The van der Waals surface area contributed by atoms with Gasteiger partial charge in [-0.15, -0.1) is 0 Å². The number of carbonyl (C=O) groups excluding carboxylic acids is 2. The molecule has 0 unspecified atom stereocenters. The molecule has 0 aromatic heterocycles. The number of hydrogen-bond donors (Lipinski definition) is 2. The molecule has 0 bridgehead atoms. The number of nitrogens with one attached hydrogen (secondary N) is 2. The molecule has 4 aromatic rings. The van der Waals surface area contributed by atoms with Gasteiger partial charge in [-0.1, -0.05) is 72.8 Å². The van der Waals surface area contributed by atoms with E-state index >= 15 is 0 Å². The highest BCUT2D eigenvalue weighted by Gasteiger charge is 2.31. The summed E-state index contributed by atoms with van der Waals surface area (Å²) in [6.45, 7) is 0.251. The van der Waals surface area contributed by atoms with Gasteiger partial charge in [0.2, 0.25) is 0 Å². The van der Waals surface area contributed by atoms with Crippen LogP contribution in [0, 0.1) is 10.1 Å². The van der Waals surface area contributed by atoms with Gasteiger partial charge in [0.25, 0.3) is 17.5 Å². The van der Waals surface area contributed by atoms with Crippen molar-refractivity contribution >= 4 is 23.1 Å². The molecule has 7 nitrogen and oxygen atoms in total. The van der Waals surface area contributed by atoms with Crippen LogP contribution in [0.4, 0.5) is 5.69 Å². The molecule has 1 aliphatic rings. The third kappa shape index (κ3) is 4.37. The maximum absolute atomic E-state index is 13.6. The van der Waals surface area contributed by atoms with Crippen LogP contribution < -0.4 is 10.6 Å². The minimum absolute atomic E-state index is 0.0338. The molecule has 7 heteroatoms. The third-order valence-corrected chi connectivity index (χ3v) is 6.02. The van der Waals surface area contributed by atoms with Gasteiger partial charge in [0.15, 0.2) is 0 Å². The van der Waals surface area contributed by atoms with Gasteiger partial charge >= 0.3 is 0 Å². The number of nitrogens with zero attached hydrogens (tertiary/aromatic N) is 1. The Labute approximate surface area is 207 Å². The second-order valence-electron chi connectivity index (χ2n) is 8.27. The molecule has 36 heavy (non-hydrogen) atoms. The van der Waals surface area contributed by atoms with E-state index in [-0.39, 0.29) is 17.9 Å². The summed E-state index contributed by atoms with van der Waals surface area (Å²) in [4.78, 5) is 37.8. The van der Waals surface area contributed by atoms with Crippen LogP contribution in [0.25, 0.3) is 16.7 Å². The first-order valence-electron chi connectivity index (χ1n) is 11.3. The highest BCUT2D eigenvalue weighted by atomic mass is 16.6. The summed E-state index contributed by atoms with van der Waals surface area (Å²) < 4.78 is 0. The zero-order chi connectivity index (χ0) is 25.1. The lowest BCUT2D eigenvalue weighted by atomic mass is 10.00. The van der Waals surface area contributed by atoms with Crippen molar-refractivity contribution in [2.75, 3.05) is 0 Å². The Bertz CT molecular complexity index is 1510. The highest BCUT2D eigenvalue weighted by Crippen LogP contribution is 2.46. The molecule has 1 aliphatic carbocycles. The highest BCUT2D eigenvalue weighted by molar-refractivity contribution is 6.14. The topological polar surface area (TPSA) is 101 Å². The van der Waals surface area contributed by atoms with E-state index in [1.54, 1.807) is 36.4 Å². The van der Waals surface area contributed by atoms with Gasteiger partial charge in [-0.05, 0) is 46.0 Å². The van der Waals surface area contributed by atoms with E-state index in [1.165, 1.54) is 12.1 Å². The summed E-state index contributed by atoms with van der Waals surface area (Å²) in [5.41, 5.74) is 4.48. The largest absolute Gasteiger partial charge is 0.347 e. The number of amides is 2. The molecule has 5 rings (SSSR count).